The Kier molecular flexibility index (Phi) is 6.28. The summed E-state index contributed by atoms with van der Waals surface area (Å²) in [6.07, 6.45) is 0. The van der Waals surface area contributed by atoms with Crippen molar-refractivity contribution in [2.75, 3.05) is 13.6 Å². The summed E-state index contributed by atoms with van der Waals surface area (Å²) >= 11 is 5.96. The first-order valence-corrected chi connectivity index (χ1v) is 7.61. The van der Waals surface area contributed by atoms with Crippen molar-refractivity contribution in [3.05, 3.63) is 70.5 Å². The molecule has 0 heterocycles. The summed E-state index contributed by atoms with van der Waals surface area (Å²) in [5.41, 5.74) is 5.40. The molecule has 0 spiro atoms. The Morgan fingerprint density at radius 1 is 1.08 bits per heavy atom. The molecule has 0 radical (unpaired) electrons. The lowest BCUT2D eigenvalue weighted by Gasteiger charge is -2.17. The summed E-state index contributed by atoms with van der Waals surface area (Å²) in [7, 11) is 1.65. The second-order valence-electron chi connectivity index (χ2n) is 5.24. The molecule has 24 heavy (non-hydrogen) atoms. The first kappa shape index (κ1) is 17.9. The second kappa shape index (κ2) is 8.42. The number of carbonyl (C=O) groups excluding carboxylic acids is 2. The fraction of sp³-hybridized carbons (Fsp3) is 0.176. The second-order valence-corrected chi connectivity index (χ2v) is 5.65. The van der Waals surface area contributed by atoms with E-state index in [2.05, 4.69) is 10.9 Å². The van der Waals surface area contributed by atoms with E-state index in [0.717, 1.165) is 0 Å². The zero-order chi connectivity index (χ0) is 17.5. The average Bonchev–Trinajstić information content (AvgIpc) is 2.57. The lowest BCUT2D eigenvalue weighted by molar-refractivity contribution is -0.122. The Bertz CT molecular complexity index is 705. The molecule has 5 nitrogen and oxygen atoms in total. The molecule has 0 saturated carbocycles. The van der Waals surface area contributed by atoms with E-state index < -0.39 is 17.6 Å². The lowest BCUT2D eigenvalue weighted by Crippen LogP contribution is -2.45. The summed E-state index contributed by atoms with van der Waals surface area (Å²) in [5, 5.41) is 0.305. The first-order valence-electron chi connectivity index (χ1n) is 7.23. The van der Waals surface area contributed by atoms with Crippen LogP contribution in [0.25, 0.3) is 0 Å². The third-order valence-corrected chi connectivity index (χ3v) is 3.61. The number of rotatable bonds is 5. The lowest BCUT2D eigenvalue weighted by atomic mass is 10.2. The van der Waals surface area contributed by atoms with Crippen molar-refractivity contribution in [1.82, 2.24) is 15.8 Å². The van der Waals surface area contributed by atoms with Crippen molar-refractivity contribution in [1.29, 1.82) is 0 Å². The molecule has 0 bridgehead atoms. The molecule has 0 atom stereocenters. The molecule has 126 valence electrons. The molecule has 2 rings (SSSR count). The van der Waals surface area contributed by atoms with E-state index in [1.54, 1.807) is 48.3 Å². The summed E-state index contributed by atoms with van der Waals surface area (Å²) in [4.78, 5) is 25.3. The molecule has 2 amide bonds. The van der Waals surface area contributed by atoms with Crippen LogP contribution in [0.3, 0.4) is 0 Å². The molecule has 2 N–H and O–H groups in total. The Hall–Kier alpha value is -2.44. The van der Waals surface area contributed by atoms with Crippen molar-refractivity contribution in [2.45, 2.75) is 6.54 Å². The van der Waals surface area contributed by atoms with Gasteiger partial charge in [-0.25, -0.2) is 4.39 Å². The highest BCUT2D eigenvalue weighted by Gasteiger charge is 2.13. The largest absolute Gasteiger partial charge is 0.293 e. The molecule has 0 aromatic heterocycles. The van der Waals surface area contributed by atoms with Crippen LogP contribution in [0.1, 0.15) is 15.9 Å². The number of carbonyl (C=O) groups is 2. The number of hydrazine groups is 1. The van der Waals surface area contributed by atoms with Gasteiger partial charge in [0.15, 0.2) is 0 Å². The van der Waals surface area contributed by atoms with Gasteiger partial charge in [0, 0.05) is 22.7 Å². The fourth-order valence-electron chi connectivity index (χ4n) is 2.08. The SMILES string of the molecule is CN(CC(=O)NNC(=O)c1ccccc1)Cc1c(F)cccc1Cl. The van der Waals surface area contributed by atoms with E-state index in [1.807, 2.05) is 0 Å². The van der Waals surface area contributed by atoms with Gasteiger partial charge in [-0.2, -0.15) is 0 Å². The molecule has 0 aliphatic carbocycles. The van der Waals surface area contributed by atoms with Crippen molar-refractivity contribution in [2.24, 2.45) is 0 Å². The van der Waals surface area contributed by atoms with Gasteiger partial charge in [-0.15, -0.1) is 0 Å². The van der Waals surface area contributed by atoms with Gasteiger partial charge in [0.1, 0.15) is 5.82 Å². The molecular formula is C17H17ClFN3O2. The summed E-state index contributed by atoms with van der Waals surface area (Å²) in [6, 6.07) is 12.9. The smallest absolute Gasteiger partial charge is 0.269 e. The highest BCUT2D eigenvalue weighted by molar-refractivity contribution is 6.31. The number of nitrogens with zero attached hydrogens (tertiary/aromatic N) is 1. The topological polar surface area (TPSA) is 61.4 Å². The fourth-order valence-corrected chi connectivity index (χ4v) is 2.30. The van der Waals surface area contributed by atoms with Gasteiger partial charge < -0.3 is 0 Å². The van der Waals surface area contributed by atoms with Gasteiger partial charge in [-0.3, -0.25) is 25.3 Å². The van der Waals surface area contributed by atoms with Crippen LogP contribution in [-0.4, -0.2) is 30.3 Å². The molecule has 0 unspecified atom stereocenters. The molecule has 0 aliphatic heterocycles. The van der Waals surface area contributed by atoms with E-state index >= 15 is 0 Å². The maximum absolute atomic E-state index is 13.7. The monoisotopic (exact) mass is 349 g/mol. The van der Waals surface area contributed by atoms with Gasteiger partial charge in [-0.05, 0) is 31.3 Å². The summed E-state index contributed by atoms with van der Waals surface area (Å²) in [5.74, 6) is -1.26. The number of hydrogen-bond donors (Lipinski definition) is 2. The Morgan fingerprint density at radius 2 is 1.79 bits per heavy atom. The molecule has 2 aromatic carbocycles. The van der Waals surface area contributed by atoms with Crippen LogP contribution in [0.4, 0.5) is 4.39 Å². The average molecular weight is 350 g/mol. The summed E-state index contributed by atoms with van der Waals surface area (Å²) < 4.78 is 13.7. The third kappa shape index (κ3) is 5.04. The third-order valence-electron chi connectivity index (χ3n) is 3.25. The van der Waals surface area contributed by atoms with Gasteiger partial charge in [0.2, 0.25) is 0 Å². The molecule has 0 fully saturated rings. The zero-order valence-electron chi connectivity index (χ0n) is 13.1. The number of nitrogens with one attached hydrogen (secondary N) is 2. The first-order chi connectivity index (χ1) is 11.5. The quantitative estimate of drug-likeness (QED) is 0.815. The van der Waals surface area contributed by atoms with Crippen LogP contribution >= 0.6 is 11.6 Å². The predicted molar refractivity (Wildman–Crippen MR) is 89.8 cm³/mol. The van der Waals surface area contributed by atoms with Crippen LogP contribution in [0, 0.1) is 5.82 Å². The number of likely N-dealkylation sites (N-methyl/N-ethyl adjacent to an activating group) is 1. The van der Waals surface area contributed by atoms with Crippen molar-refractivity contribution < 1.29 is 14.0 Å². The standard InChI is InChI=1S/C17H17ClFN3O2/c1-22(10-13-14(18)8-5-9-15(13)19)11-16(23)20-21-17(24)12-6-3-2-4-7-12/h2-9H,10-11H2,1H3,(H,20,23)(H,21,24). The van der Waals surface area contributed by atoms with E-state index in [4.69, 9.17) is 11.6 Å². The van der Waals surface area contributed by atoms with Crippen molar-refractivity contribution in [3.63, 3.8) is 0 Å². The Balaban J connectivity index is 1.83. The highest BCUT2D eigenvalue weighted by Crippen LogP contribution is 2.20. The van der Waals surface area contributed by atoms with E-state index in [-0.39, 0.29) is 13.1 Å². The van der Waals surface area contributed by atoms with Gasteiger partial charge in [-0.1, -0.05) is 35.9 Å². The maximum Gasteiger partial charge on any atom is 0.269 e. The highest BCUT2D eigenvalue weighted by atomic mass is 35.5. The van der Waals surface area contributed by atoms with Crippen LogP contribution in [-0.2, 0) is 11.3 Å². The minimum atomic E-state index is -0.424. The van der Waals surface area contributed by atoms with Crippen molar-refractivity contribution >= 4 is 23.4 Å². The minimum Gasteiger partial charge on any atom is -0.293 e. The Labute approximate surface area is 144 Å². The minimum absolute atomic E-state index is 0.0280. The molecule has 0 aliphatic rings. The number of hydrogen-bond acceptors (Lipinski definition) is 3. The molecular weight excluding hydrogens is 333 g/mol. The molecule has 0 saturated heterocycles. The van der Waals surface area contributed by atoms with Crippen LogP contribution in [0.5, 0.6) is 0 Å². The number of amides is 2. The van der Waals surface area contributed by atoms with Gasteiger partial charge in [0.25, 0.3) is 11.8 Å². The van der Waals surface area contributed by atoms with E-state index in [9.17, 15) is 14.0 Å². The van der Waals surface area contributed by atoms with Crippen LogP contribution in [0.15, 0.2) is 48.5 Å². The van der Waals surface area contributed by atoms with Crippen LogP contribution < -0.4 is 10.9 Å². The summed E-state index contributed by atoms with van der Waals surface area (Å²) in [6.45, 7) is 0.144. The molecule has 2 aromatic rings. The maximum atomic E-state index is 13.7. The van der Waals surface area contributed by atoms with Gasteiger partial charge in [0.05, 0.1) is 6.54 Å². The number of halogens is 2. The van der Waals surface area contributed by atoms with Crippen LogP contribution in [0.2, 0.25) is 5.02 Å². The normalized spacial score (nSPS) is 10.5. The van der Waals surface area contributed by atoms with Crippen molar-refractivity contribution in [3.8, 4) is 0 Å². The van der Waals surface area contributed by atoms with Gasteiger partial charge >= 0.3 is 0 Å². The Morgan fingerprint density at radius 3 is 2.46 bits per heavy atom. The van der Waals surface area contributed by atoms with E-state index in [0.29, 0.717) is 16.1 Å². The predicted octanol–water partition coefficient (Wildman–Crippen LogP) is 2.37. The zero-order valence-corrected chi connectivity index (χ0v) is 13.8. The van der Waals surface area contributed by atoms with E-state index in [1.165, 1.54) is 12.1 Å². The number of benzene rings is 2. The molecule has 7 heteroatoms.